The lowest BCUT2D eigenvalue weighted by atomic mass is 10.4. The number of hydrogen-bond donors (Lipinski definition) is 2. The van der Waals surface area contributed by atoms with E-state index in [9.17, 15) is 0 Å². The lowest BCUT2D eigenvalue weighted by Crippen LogP contribution is -2.04. The molecule has 4 nitrogen and oxygen atoms in total. The maximum atomic E-state index is 4.36. The number of nitrogens with one attached hydrogen (secondary N) is 2. The molecule has 1 aliphatic carbocycles. The van der Waals surface area contributed by atoms with Gasteiger partial charge in [-0.3, -0.25) is 5.10 Å². The van der Waals surface area contributed by atoms with Gasteiger partial charge in [0.2, 0.25) is 5.95 Å². The van der Waals surface area contributed by atoms with E-state index in [0.29, 0.717) is 5.92 Å². The van der Waals surface area contributed by atoms with Crippen molar-refractivity contribution in [3.63, 3.8) is 0 Å². The maximum absolute atomic E-state index is 4.36. The molecule has 1 saturated carbocycles. The summed E-state index contributed by atoms with van der Waals surface area (Å²) < 4.78 is 0. The van der Waals surface area contributed by atoms with Crippen LogP contribution in [0.5, 0.6) is 0 Å². The van der Waals surface area contributed by atoms with Crippen molar-refractivity contribution in [2.24, 2.45) is 0 Å². The van der Waals surface area contributed by atoms with Crippen LogP contribution in [0.3, 0.4) is 0 Å². The molecular formula is C8H14N4S. The van der Waals surface area contributed by atoms with E-state index >= 15 is 0 Å². The summed E-state index contributed by atoms with van der Waals surface area (Å²) in [5, 5.41) is 10.2. The number of aromatic nitrogens is 3. The molecule has 5 heteroatoms. The van der Waals surface area contributed by atoms with E-state index in [2.05, 4.69) is 26.8 Å². The highest BCUT2D eigenvalue weighted by molar-refractivity contribution is 7.98. The van der Waals surface area contributed by atoms with Gasteiger partial charge in [0.05, 0.1) is 0 Å². The minimum Gasteiger partial charge on any atom is -0.352 e. The van der Waals surface area contributed by atoms with Crippen LogP contribution in [0, 0.1) is 0 Å². The van der Waals surface area contributed by atoms with Crippen LogP contribution in [0.4, 0.5) is 5.95 Å². The lowest BCUT2D eigenvalue weighted by molar-refractivity contribution is 0.934. The minimum atomic E-state index is 0.656. The van der Waals surface area contributed by atoms with Crippen molar-refractivity contribution in [1.82, 2.24) is 15.2 Å². The first-order chi connectivity index (χ1) is 6.40. The van der Waals surface area contributed by atoms with E-state index in [-0.39, 0.29) is 0 Å². The second kappa shape index (κ2) is 4.00. The summed E-state index contributed by atoms with van der Waals surface area (Å²) in [6.07, 6.45) is 4.62. The third-order valence-corrected chi connectivity index (χ3v) is 2.67. The summed E-state index contributed by atoms with van der Waals surface area (Å²) in [7, 11) is 0. The number of anilines is 1. The zero-order chi connectivity index (χ0) is 9.10. The lowest BCUT2D eigenvalue weighted by Gasteiger charge is -1.97. The predicted molar refractivity (Wildman–Crippen MR) is 55.2 cm³/mol. The van der Waals surface area contributed by atoms with Gasteiger partial charge in [0.15, 0.2) is 0 Å². The monoisotopic (exact) mass is 198 g/mol. The molecule has 13 heavy (non-hydrogen) atoms. The normalized spacial score (nSPS) is 16.1. The Labute approximate surface area is 81.9 Å². The molecule has 0 radical (unpaired) electrons. The van der Waals surface area contributed by atoms with E-state index < -0.39 is 0 Å². The topological polar surface area (TPSA) is 53.6 Å². The van der Waals surface area contributed by atoms with E-state index in [4.69, 9.17) is 0 Å². The van der Waals surface area contributed by atoms with Crippen molar-refractivity contribution in [3.8, 4) is 0 Å². The van der Waals surface area contributed by atoms with Crippen molar-refractivity contribution in [2.45, 2.75) is 18.8 Å². The number of nitrogens with zero attached hydrogens (tertiary/aromatic N) is 2. The molecule has 2 rings (SSSR count). The van der Waals surface area contributed by atoms with Crippen LogP contribution in [-0.4, -0.2) is 33.7 Å². The number of rotatable bonds is 5. The first kappa shape index (κ1) is 8.87. The van der Waals surface area contributed by atoms with Crippen molar-refractivity contribution >= 4 is 17.7 Å². The summed E-state index contributed by atoms with van der Waals surface area (Å²) in [5.74, 6) is 3.54. The number of aromatic amines is 1. The SMILES string of the molecule is CSCCNc1n[nH]c(C2CC2)n1. The second-order valence-corrected chi connectivity index (χ2v) is 4.22. The largest absolute Gasteiger partial charge is 0.352 e. The fourth-order valence-electron chi connectivity index (χ4n) is 1.16. The van der Waals surface area contributed by atoms with E-state index in [1.54, 1.807) is 0 Å². The molecule has 72 valence electrons. The molecule has 1 heterocycles. The Morgan fingerprint density at radius 3 is 3.15 bits per heavy atom. The Bertz CT molecular complexity index is 269. The van der Waals surface area contributed by atoms with Gasteiger partial charge in [-0.05, 0) is 19.1 Å². The van der Waals surface area contributed by atoms with Crippen molar-refractivity contribution in [2.75, 3.05) is 23.9 Å². The van der Waals surface area contributed by atoms with Gasteiger partial charge in [-0.1, -0.05) is 0 Å². The molecule has 0 aliphatic heterocycles. The Morgan fingerprint density at radius 1 is 1.62 bits per heavy atom. The highest BCUT2D eigenvalue weighted by Gasteiger charge is 2.26. The predicted octanol–water partition coefficient (Wildman–Crippen LogP) is 1.46. The second-order valence-electron chi connectivity index (χ2n) is 3.24. The van der Waals surface area contributed by atoms with E-state index in [0.717, 1.165) is 24.1 Å². The molecule has 1 aromatic heterocycles. The van der Waals surface area contributed by atoms with Crippen molar-refractivity contribution in [3.05, 3.63) is 5.82 Å². The maximum Gasteiger partial charge on any atom is 0.242 e. The Kier molecular flexibility index (Phi) is 2.73. The molecule has 0 atom stereocenters. The van der Waals surface area contributed by atoms with Crippen LogP contribution in [-0.2, 0) is 0 Å². The summed E-state index contributed by atoms with van der Waals surface area (Å²) in [6, 6.07) is 0. The van der Waals surface area contributed by atoms with Gasteiger partial charge in [0.1, 0.15) is 5.82 Å². The van der Waals surface area contributed by atoms with Crippen LogP contribution < -0.4 is 5.32 Å². The molecule has 0 saturated heterocycles. The smallest absolute Gasteiger partial charge is 0.242 e. The quantitative estimate of drug-likeness (QED) is 0.703. The third kappa shape index (κ3) is 2.37. The summed E-state index contributed by atoms with van der Waals surface area (Å²) in [5.41, 5.74) is 0. The van der Waals surface area contributed by atoms with Gasteiger partial charge in [0.25, 0.3) is 0 Å². The zero-order valence-corrected chi connectivity index (χ0v) is 8.52. The highest BCUT2D eigenvalue weighted by Crippen LogP contribution is 2.37. The average Bonchev–Trinajstić information content (AvgIpc) is 2.88. The van der Waals surface area contributed by atoms with Gasteiger partial charge in [-0.25, -0.2) is 0 Å². The van der Waals surface area contributed by atoms with E-state index in [1.807, 2.05) is 11.8 Å². The fraction of sp³-hybridized carbons (Fsp3) is 0.750. The van der Waals surface area contributed by atoms with Crippen molar-refractivity contribution < 1.29 is 0 Å². The van der Waals surface area contributed by atoms with Gasteiger partial charge >= 0.3 is 0 Å². The molecule has 1 fully saturated rings. The Morgan fingerprint density at radius 2 is 2.46 bits per heavy atom. The highest BCUT2D eigenvalue weighted by atomic mass is 32.2. The van der Waals surface area contributed by atoms with Crippen LogP contribution in [0.15, 0.2) is 0 Å². The third-order valence-electron chi connectivity index (χ3n) is 2.06. The van der Waals surface area contributed by atoms with Crippen LogP contribution in [0.2, 0.25) is 0 Å². The molecule has 0 bridgehead atoms. The van der Waals surface area contributed by atoms with Crippen molar-refractivity contribution in [1.29, 1.82) is 0 Å². The van der Waals surface area contributed by atoms with Gasteiger partial charge in [0, 0.05) is 18.2 Å². The molecule has 1 aromatic rings. The molecule has 0 unspecified atom stereocenters. The standard InChI is InChI=1S/C8H14N4S/c1-13-5-4-9-8-10-7(11-12-8)6-2-3-6/h6H,2-5H2,1H3,(H2,9,10,11,12). The van der Waals surface area contributed by atoms with Gasteiger partial charge in [-0.15, -0.1) is 5.10 Å². The summed E-state index contributed by atoms with van der Waals surface area (Å²) in [6.45, 7) is 0.934. The Balaban J connectivity index is 1.82. The first-order valence-electron chi connectivity index (χ1n) is 4.55. The fourth-order valence-corrected chi connectivity index (χ4v) is 1.46. The van der Waals surface area contributed by atoms with Crippen LogP contribution >= 0.6 is 11.8 Å². The summed E-state index contributed by atoms with van der Waals surface area (Å²) in [4.78, 5) is 4.36. The molecule has 2 N–H and O–H groups in total. The van der Waals surface area contributed by atoms with E-state index in [1.165, 1.54) is 12.8 Å². The first-order valence-corrected chi connectivity index (χ1v) is 5.94. The molecular weight excluding hydrogens is 184 g/mol. The average molecular weight is 198 g/mol. The molecule has 0 amide bonds. The minimum absolute atomic E-state index is 0.656. The number of hydrogen-bond acceptors (Lipinski definition) is 4. The Hall–Kier alpha value is -0.710. The molecule has 0 aromatic carbocycles. The van der Waals surface area contributed by atoms with Gasteiger partial charge < -0.3 is 5.32 Å². The van der Waals surface area contributed by atoms with Crippen LogP contribution in [0.25, 0.3) is 0 Å². The molecule has 1 aliphatic rings. The molecule has 0 spiro atoms. The number of H-pyrrole nitrogens is 1. The zero-order valence-electron chi connectivity index (χ0n) is 7.71. The van der Waals surface area contributed by atoms with Gasteiger partial charge in [-0.2, -0.15) is 16.7 Å². The van der Waals surface area contributed by atoms with Crippen LogP contribution in [0.1, 0.15) is 24.6 Å². The number of thioether (sulfide) groups is 1. The summed E-state index contributed by atoms with van der Waals surface area (Å²) >= 11 is 1.82.